The zero-order valence-corrected chi connectivity index (χ0v) is 14.3. The molecule has 2 aromatic heterocycles. The minimum atomic E-state index is -0.457. The molecule has 0 radical (unpaired) electrons. The Hall–Kier alpha value is -3.03. The van der Waals surface area contributed by atoms with E-state index in [2.05, 4.69) is 20.3 Å². The van der Waals surface area contributed by atoms with Crippen molar-refractivity contribution in [3.8, 4) is 28.4 Å². The summed E-state index contributed by atoms with van der Waals surface area (Å²) in [5, 5.41) is 22.1. The Balaban J connectivity index is 2.12. The van der Waals surface area contributed by atoms with Gasteiger partial charge in [-0.1, -0.05) is 23.7 Å². The Kier molecular flexibility index (Phi) is 5.40. The van der Waals surface area contributed by atoms with Gasteiger partial charge in [0.05, 0.1) is 17.9 Å². The van der Waals surface area contributed by atoms with E-state index in [0.717, 1.165) is 5.56 Å². The maximum Gasteiger partial charge on any atom is 0.270 e. The molecule has 3 N–H and O–H groups in total. The third-order valence-electron chi connectivity index (χ3n) is 3.54. The molecule has 0 bridgehead atoms. The lowest BCUT2D eigenvalue weighted by Crippen LogP contribution is -2.27. The number of rotatable bonds is 5. The van der Waals surface area contributed by atoms with Crippen molar-refractivity contribution in [3.05, 3.63) is 59.5 Å². The topological polar surface area (TPSA) is 108 Å². The molecule has 0 aliphatic heterocycles. The van der Waals surface area contributed by atoms with Gasteiger partial charge in [0.25, 0.3) is 5.91 Å². The standard InChI is InChI=1S/C18H15ClN4O3/c19-12-3-1-11(2-4-12)14-9-15(18(26)21-7-8-24)23-17(22-14)13-10-20-6-5-16(13)25/h1-6,9-10,24H,7-8H2,(H,20,25)(H,21,26). The first kappa shape index (κ1) is 17.8. The Bertz CT molecular complexity index is 932. The maximum atomic E-state index is 12.3. The van der Waals surface area contributed by atoms with E-state index in [-0.39, 0.29) is 30.4 Å². The number of halogens is 1. The molecule has 1 amide bonds. The van der Waals surface area contributed by atoms with Gasteiger partial charge in [0.1, 0.15) is 11.4 Å². The third kappa shape index (κ3) is 3.96. The Labute approximate surface area is 154 Å². The molecule has 0 aliphatic carbocycles. The number of carbonyl (C=O) groups is 1. The SMILES string of the molecule is O=C(NCCO)c1cc(-c2ccc(Cl)cc2)nc(-c2cnccc2O)n1. The van der Waals surface area contributed by atoms with E-state index in [1.165, 1.54) is 24.5 Å². The second-order valence-corrected chi connectivity index (χ2v) is 5.78. The van der Waals surface area contributed by atoms with Crippen LogP contribution in [0.5, 0.6) is 5.75 Å². The van der Waals surface area contributed by atoms with E-state index >= 15 is 0 Å². The molecule has 132 valence electrons. The molecular formula is C18H15ClN4O3. The largest absolute Gasteiger partial charge is 0.507 e. The van der Waals surface area contributed by atoms with Crippen molar-refractivity contribution in [1.29, 1.82) is 0 Å². The first-order valence-electron chi connectivity index (χ1n) is 7.76. The fourth-order valence-corrected chi connectivity index (χ4v) is 2.40. The quantitative estimate of drug-likeness (QED) is 0.636. The van der Waals surface area contributed by atoms with Gasteiger partial charge in [-0.2, -0.15) is 0 Å². The van der Waals surface area contributed by atoms with Crippen molar-refractivity contribution in [2.45, 2.75) is 0 Å². The number of hydrogen-bond acceptors (Lipinski definition) is 6. The molecule has 8 heteroatoms. The van der Waals surface area contributed by atoms with Gasteiger partial charge in [-0.15, -0.1) is 0 Å². The number of aliphatic hydroxyl groups is 1. The average Bonchev–Trinajstić information content (AvgIpc) is 2.66. The molecule has 0 saturated carbocycles. The summed E-state index contributed by atoms with van der Waals surface area (Å²) in [4.78, 5) is 24.9. The Morgan fingerprint density at radius 2 is 1.92 bits per heavy atom. The fourth-order valence-electron chi connectivity index (χ4n) is 2.27. The van der Waals surface area contributed by atoms with Gasteiger partial charge in [0.2, 0.25) is 0 Å². The van der Waals surface area contributed by atoms with Crippen LogP contribution in [-0.4, -0.2) is 44.2 Å². The minimum Gasteiger partial charge on any atom is -0.507 e. The zero-order chi connectivity index (χ0) is 18.5. The molecule has 0 fully saturated rings. The lowest BCUT2D eigenvalue weighted by molar-refractivity contribution is 0.0939. The maximum absolute atomic E-state index is 12.3. The van der Waals surface area contributed by atoms with Crippen LogP contribution in [0.1, 0.15) is 10.5 Å². The fraction of sp³-hybridized carbons (Fsp3) is 0.111. The summed E-state index contributed by atoms with van der Waals surface area (Å²) in [5.41, 5.74) is 1.64. The number of carbonyl (C=O) groups excluding carboxylic acids is 1. The van der Waals surface area contributed by atoms with Crippen LogP contribution >= 0.6 is 11.6 Å². The number of benzene rings is 1. The van der Waals surface area contributed by atoms with Gasteiger partial charge in [-0.3, -0.25) is 9.78 Å². The number of pyridine rings is 1. The lowest BCUT2D eigenvalue weighted by Gasteiger charge is -2.09. The second kappa shape index (κ2) is 7.90. The molecule has 1 aromatic carbocycles. The van der Waals surface area contributed by atoms with Crippen LogP contribution in [0.3, 0.4) is 0 Å². The first-order chi connectivity index (χ1) is 12.6. The highest BCUT2D eigenvalue weighted by Gasteiger charge is 2.16. The summed E-state index contributed by atoms with van der Waals surface area (Å²) in [6.07, 6.45) is 2.86. The van der Waals surface area contributed by atoms with Crippen molar-refractivity contribution in [3.63, 3.8) is 0 Å². The number of hydrogen-bond donors (Lipinski definition) is 3. The minimum absolute atomic E-state index is 0.0463. The van der Waals surface area contributed by atoms with E-state index < -0.39 is 5.91 Å². The predicted octanol–water partition coefficient (Wildman–Crippen LogP) is 2.29. The van der Waals surface area contributed by atoms with Crippen LogP contribution in [0.4, 0.5) is 0 Å². The van der Waals surface area contributed by atoms with Crippen molar-refractivity contribution in [2.24, 2.45) is 0 Å². The van der Waals surface area contributed by atoms with Crippen molar-refractivity contribution in [2.75, 3.05) is 13.2 Å². The van der Waals surface area contributed by atoms with E-state index in [4.69, 9.17) is 16.7 Å². The van der Waals surface area contributed by atoms with E-state index in [9.17, 15) is 9.90 Å². The first-order valence-corrected chi connectivity index (χ1v) is 8.13. The number of aromatic nitrogens is 3. The molecular weight excluding hydrogens is 356 g/mol. The van der Waals surface area contributed by atoms with E-state index in [1.807, 2.05) is 0 Å². The van der Waals surface area contributed by atoms with Gasteiger partial charge in [0.15, 0.2) is 5.82 Å². The highest BCUT2D eigenvalue weighted by Crippen LogP contribution is 2.28. The molecule has 0 saturated heterocycles. The van der Waals surface area contributed by atoms with Gasteiger partial charge < -0.3 is 15.5 Å². The number of amides is 1. The van der Waals surface area contributed by atoms with Crippen molar-refractivity contribution >= 4 is 17.5 Å². The summed E-state index contributed by atoms with van der Waals surface area (Å²) in [6, 6.07) is 9.92. The van der Waals surface area contributed by atoms with Crippen LogP contribution in [-0.2, 0) is 0 Å². The lowest BCUT2D eigenvalue weighted by atomic mass is 10.1. The number of aliphatic hydroxyl groups excluding tert-OH is 1. The summed E-state index contributed by atoms with van der Waals surface area (Å²) < 4.78 is 0. The predicted molar refractivity (Wildman–Crippen MR) is 96.8 cm³/mol. The van der Waals surface area contributed by atoms with E-state index in [1.54, 1.807) is 24.3 Å². The van der Waals surface area contributed by atoms with Crippen LogP contribution in [0.15, 0.2) is 48.8 Å². The van der Waals surface area contributed by atoms with Crippen LogP contribution in [0.2, 0.25) is 5.02 Å². The molecule has 26 heavy (non-hydrogen) atoms. The zero-order valence-electron chi connectivity index (χ0n) is 13.6. The molecule has 0 atom stereocenters. The van der Waals surface area contributed by atoms with Crippen LogP contribution in [0, 0.1) is 0 Å². The van der Waals surface area contributed by atoms with Crippen LogP contribution < -0.4 is 5.32 Å². The van der Waals surface area contributed by atoms with Crippen molar-refractivity contribution < 1.29 is 15.0 Å². The second-order valence-electron chi connectivity index (χ2n) is 5.34. The van der Waals surface area contributed by atoms with Gasteiger partial charge in [-0.05, 0) is 24.3 Å². The Morgan fingerprint density at radius 3 is 2.62 bits per heavy atom. The monoisotopic (exact) mass is 370 g/mol. The summed E-state index contributed by atoms with van der Waals surface area (Å²) in [7, 11) is 0. The smallest absolute Gasteiger partial charge is 0.270 e. The molecule has 3 rings (SSSR count). The number of nitrogens with one attached hydrogen (secondary N) is 1. The van der Waals surface area contributed by atoms with Crippen molar-refractivity contribution in [1.82, 2.24) is 20.3 Å². The molecule has 2 heterocycles. The average molecular weight is 371 g/mol. The van der Waals surface area contributed by atoms with Crippen LogP contribution in [0.25, 0.3) is 22.6 Å². The normalized spacial score (nSPS) is 10.5. The molecule has 0 aliphatic rings. The summed E-state index contributed by atoms with van der Waals surface area (Å²) in [5.74, 6) is -0.339. The molecule has 7 nitrogen and oxygen atoms in total. The van der Waals surface area contributed by atoms with Gasteiger partial charge >= 0.3 is 0 Å². The highest BCUT2D eigenvalue weighted by atomic mass is 35.5. The van der Waals surface area contributed by atoms with Gasteiger partial charge in [-0.25, -0.2) is 9.97 Å². The summed E-state index contributed by atoms with van der Waals surface area (Å²) >= 11 is 5.92. The number of aromatic hydroxyl groups is 1. The third-order valence-corrected chi connectivity index (χ3v) is 3.79. The highest BCUT2D eigenvalue weighted by molar-refractivity contribution is 6.30. The molecule has 3 aromatic rings. The van der Waals surface area contributed by atoms with Gasteiger partial charge in [0, 0.05) is 29.5 Å². The molecule has 0 unspecified atom stereocenters. The molecule has 0 spiro atoms. The summed E-state index contributed by atoms with van der Waals surface area (Å²) in [6.45, 7) is -0.0797. The number of nitrogens with zero attached hydrogens (tertiary/aromatic N) is 3. The van der Waals surface area contributed by atoms with E-state index in [0.29, 0.717) is 16.3 Å². The Morgan fingerprint density at radius 1 is 1.15 bits per heavy atom.